The molecule has 1 aromatic rings. The van der Waals surface area contributed by atoms with E-state index in [0.717, 1.165) is 34.4 Å². The molecule has 0 atom stereocenters. The van der Waals surface area contributed by atoms with Gasteiger partial charge in [0.25, 0.3) is 0 Å². The van der Waals surface area contributed by atoms with E-state index in [1.54, 1.807) is 0 Å². The van der Waals surface area contributed by atoms with Gasteiger partial charge in [0.2, 0.25) is 0 Å². The quantitative estimate of drug-likeness (QED) is 0.830. The van der Waals surface area contributed by atoms with Crippen LogP contribution in [0.15, 0.2) is 18.2 Å². The molecule has 2 nitrogen and oxygen atoms in total. The van der Waals surface area contributed by atoms with E-state index < -0.39 is 0 Å². The van der Waals surface area contributed by atoms with Gasteiger partial charge in [-0.25, -0.2) is 0 Å². The monoisotopic (exact) mass is 270 g/mol. The first-order chi connectivity index (χ1) is 8.04. The van der Waals surface area contributed by atoms with E-state index in [-0.39, 0.29) is 0 Å². The topological polar surface area (TPSA) is 15.3 Å². The molecule has 0 unspecified atom stereocenters. The van der Waals surface area contributed by atoms with Crippen molar-refractivity contribution in [2.45, 2.75) is 26.7 Å². The van der Waals surface area contributed by atoms with Crippen molar-refractivity contribution < 1.29 is 0 Å². The second kappa shape index (κ2) is 6.82. The van der Waals surface area contributed by atoms with E-state index in [9.17, 15) is 0 Å². The number of nitrogens with one attached hydrogen (secondary N) is 1. The number of hydrogen-bond acceptors (Lipinski definition) is 1. The first-order valence-corrected chi connectivity index (χ1v) is 6.61. The molecule has 94 valence electrons. The van der Waals surface area contributed by atoms with E-state index in [1.165, 1.54) is 6.42 Å². The summed E-state index contributed by atoms with van der Waals surface area (Å²) in [6.07, 6.45) is 2.32. The summed E-state index contributed by atoms with van der Waals surface area (Å²) in [5.41, 5.74) is 2.12. The summed E-state index contributed by atoms with van der Waals surface area (Å²) in [6, 6.07) is 5.75. The Morgan fingerprint density at radius 1 is 1.47 bits per heavy atom. The van der Waals surface area contributed by atoms with E-state index in [1.807, 2.05) is 32.2 Å². The molecule has 0 fully saturated rings. The van der Waals surface area contributed by atoms with Gasteiger partial charge in [0.1, 0.15) is 0 Å². The number of hydrogen-bond donors (Lipinski definition) is 1. The number of anilines is 1. The van der Waals surface area contributed by atoms with E-state index in [0.29, 0.717) is 0 Å². The van der Waals surface area contributed by atoms with Crippen LogP contribution in [0.4, 0.5) is 5.69 Å². The van der Waals surface area contributed by atoms with Gasteiger partial charge in [0, 0.05) is 24.3 Å². The second-order valence-corrected chi connectivity index (χ2v) is 4.99. The molecular formula is C13H19ClN2S. The number of nitrogens with zero attached hydrogens (tertiary/aromatic N) is 1. The maximum absolute atomic E-state index is 5.91. The lowest BCUT2D eigenvalue weighted by Crippen LogP contribution is -2.32. The molecule has 0 bridgehead atoms. The Morgan fingerprint density at radius 2 is 2.18 bits per heavy atom. The Hall–Kier alpha value is -0.800. The van der Waals surface area contributed by atoms with Crippen LogP contribution in [0.2, 0.25) is 5.02 Å². The third-order valence-electron chi connectivity index (χ3n) is 2.62. The number of rotatable bonds is 4. The number of thiocarbonyl (C=S) groups is 1. The predicted octanol–water partition coefficient (Wildman–Crippen LogP) is 4.08. The van der Waals surface area contributed by atoms with Crippen LogP contribution in [0.25, 0.3) is 0 Å². The van der Waals surface area contributed by atoms with Crippen molar-refractivity contribution in [3.8, 4) is 0 Å². The summed E-state index contributed by atoms with van der Waals surface area (Å²) in [5, 5.41) is 4.75. The molecule has 1 rings (SSSR count). The van der Waals surface area contributed by atoms with E-state index >= 15 is 0 Å². The van der Waals surface area contributed by atoms with Crippen molar-refractivity contribution in [3.63, 3.8) is 0 Å². The number of aryl methyl sites for hydroxylation is 1. The zero-order valence-corrected chi connectivity index (χ0v) is 12.2. The minimum Gasteiger partial charge on any atom is -0.352 e. The Kier molecular flexibility index (Phi) is 5.72. The highest BCUT2D eigenvalue weighted by Gasteiger charge is 2.05. The van der Waals surface area contributed by atoms with E-state index in [4.69, 9.17) is 23.8 Å². The van der Waals surface area contributed by atoms with Gasteiger partial charge in [0.05, 0.1) is 0 Å². The molecule has 0 aliphatic heterocycles. The zero-order valence-electron chi connectivity index (χ0n) is 10.6. The van der Waals surface area contributed by atoms with Gasteiger partial charge in [-0.1, -0.05) is 24.9 Å². The fourth-order valence-electron chi connectivity index (χ4n) is 1.47. The lowest BCUT2D eigenvalue weighted by atomic mass is 10.2. The normalized spacial score (nSPS) is 10.1. The Labute approximate surface area is 114 Å². The standard InChI is InChI=1S/C13H19ClN2S/c1-4-5-8-16(3)13(17)15-12-7-6-11(14)9-10(12)2/h6-7,9H,4-5,8H2,1-3H3,(H,15,17). The SMILES string of the molecule is CCCCN(C)C(=S)Nc1ccc(Cl)cc1C. The summed E-state index contributed by atoms with van der Waals surface area (Å²) >= 11 is 11.3. The van der Waals surface area contributed by atoms with Crippen molar-refractivity contribution in [2.24, 2.45) is 0 Å². The van der Waals surface area contributed by atoms with Crippen LogP contribution in [0, 0.1) is 6.92 Å². The highest BCUT2D eigenvalue weighted by atomic mass is 35.5. The average Bonchev–Trinajstić information content (AvgIpc) is 2.29. The van der Waals surface area contributed by atoms with Crippen LogP contribution < -0.4 is 5.32 Å². The van der Waals surface area contributed by atoms with Crippen molar-refractivity contribution >= 4 is 34.6 Å². The smallest absolute Gasteiger partial charge is 0.173 e. The summed E-state index contributed by atoms with van der Waals surface area (Å²) in [5.74, 6) is 0. The summed E-state index contributed by atoms with van der Waals surface area (Å²) < 4.78 is 0. The molecule has 0 spiro atoms. The average molecular weight is 271 g/mol. The molecule has 4 heteroatoms. The third-order valence-corrected chi connectivity index (χ3v) is 3.27. The molecule has 1 aromatic carbocycles. The first-order valence-electron chi connectivity index (χ1n) is 5.83. The fourth-order valence-corrected chi connectivity index (χ4v) is 1.90. The molecule has 0 radical (unpaired) electrons. The molecule has 0 saturated heterocycles. The first kappa shape index (κ1) is 14.3. The molecule has 0 aliphatic carbocycles. The molecule has 0 amide bonds. The van der Waals surface area contributed by atoms with Crippen LogP contribution in [0.1, 0.15) is 25.3 Å². The second-order valence-electron chi connectivity index (χ2n) is 4.16. The zero-order chi connectivity index (χ0) is 12.8. The Balaban J connectivity index is 2.61. The number of unbranched alkanes of at least 4 members (excludes halogenated alkanes) is 1. The van der Waals surface area contributed by atoms with Gasteiger partial charge < -0.3 is 10.2 Å². The highest BCUT2D eigenvalue weighted by molar-refractivity contribution is 7.80. The van der Waals surface area contributed by atoms with Crippen LogP contribution in [0.5, 0.6) is 0 Å². The Bertz CT molecular complexity index is 393. The minimum absolute atomic E-state index is 0.748. The van der Waals surface area contributed by atoms with Gasteiger partial charge in [-0.15, -0.1) is 0 Å². The van der Waals surface area contributed by atoms with Gasteiger partial charge in [-0.05, 0) is 49.3 Å². The van der Waals surface area contributed by atoms with Crippen LogP contribution in [-0.4, -0.2) is 23.6 Å². The van der Waals surface area contributed by atoms with E-state index in [2.05, 4.69) is 17.1 Å². The Morgan fingerprint density at radius 3 is 2.76 bits per heavy atom. The predicted molar refractivity (Wildman–Crippen MR) is 79.9 cm³/mol. The molecule has 0 heterocycles. The van der Waals surface area contributed by atoms with Crippen LogP contribution >= 0.6 is 23.8 Å². The van der Waals surface area contributed by atoms with Crippen molar-refractivity contribution in [1.29, 1.82) is 0 Å². The van der Waals surface area contributed by atoms with Gasteiger partial charge in [-0.2, -0.15) is 0 Å². The summed E-state index contributed by atoms with van der Waals surface area (Å²) in [4.78, 5) is 2.06. The fraction of sp³-hybridized carbons (Fsp3) is 0.462. The summed E-state index contributed by atoms with van der Waals surface area (Å²) in [6.45, 7) is 5.17. The molecule has 1 N–H and O–H groups in total. The molecule has 17 heavy (non-hydrogen) atoms. The van der Waals surface area contributed by atoms with Crippen molar-refractivity contribution in [2.75, 3.05) is 18.9 Å². The lowest BCUT2D eigenvalue weighted by molar-refractivity contribution is 0.491. The lowest BCUT2D eigenvalue weighted by Gasteiger charge is -2.21. The van der Waals surface area contributed by atoms with Gasteiger partial charge in [-0.3, -0.25) is 0 Å². The number of benzene rings is 1. The minimum atomic E-state index is 0.748. The molecule has 0 saturated carbocycles. The molecule has 0 aromatic heterocycles. The highest BCUT2D eigenvalue weighted by Crippen LogP contribution is 2.19. The largest absolute Gasteiger partial charge is 0.352 e. The van der Waals surface area contributed by atoms with Crippen molar-refractivity contribution in [3.05, 3.63) is 28.8 Å². The van der Waals surface area contributed by atoms with Gasteiger partial charge in [0.15, 0.2) is 5.11 Å². The van der Waals surface area contributed by atoms with Gasteiger partial charge >= 0.3 is 0 Å². The summed E-state index contributed by atoms with van der Waals surface area (Å²) in [7, 11) is 2.01. The maximum atomic E-state index is 5.91. The molecular weight excluding hydrogens is 252 g/mol. The maximum Gasteiger partial charge on any atom is 0.173 e. The third kappa shape index (κ3) is 4.52. The van der Waals surface area contributed by atoms with Crippen LogP contribution in [-0.2, 0) is 0 Å². The van der Waals surface area contributed by atoms with Crippen LogP contribution in [0.3, 0.4) is 0 Å². The van der Waals surface area contributed by atoms with Crippen molar-refractivity contribution in [1.82, 2.24) is 4.90 Å². The number of halogens is 1. The molecule has 0 aliphatic rings.